The number of aromatic nitrogens is 2. The number of piperidine rings is 1. The van der Waals surface area contributed by atoms with Gasteiger partial charge in [0, 0.05) is 19.3 Å². The van der Waals surface area contributed by atoms with Crippen molar-refractivity contribution in [3.8, 4) is 0 Å². The Morgan fingerprint density at radius 3 is 2.89 bits per heavy atom. The van der Waals surface area contributed by atoms with E-state index >= 15 is 0 Å². The first-order valence-corrected chi connectivity index (χ1v) is 7.17. The molecule has 0 radical (unpaired) electrons. The van der Waals surface area contributed by atoms with Crippen molar-refractivity contribution in [3.05, 3.63) is 18.0 Å². The van der Waals surface area contributed by atoms with E-state index in [4.69, 9.17) is 0 Å². The van der Waals surface area contributed by atoms with Gasteiger partial charge in [-0.1, -0.05) is 13.8 Å². The number of β-amino-alcohol motifs (C(OH)–C–C–N with tert-alkyl or cyclic N) is 1. The van der Waals surface area contributed by atoms with E-state index in [0.29, 0.717) is 6.04 Å². The fraction of sp³-hybridized carbons (Fsp3) is 0.786. The van der Waals surface area contributed by atoms with E-state index in [1.54, 1.807) is 0 Å². The maximum atomic E-state index is 9.66. The molecule has 1 atom stereocenters. The molecular formula is C14H25N3O. The van der Waals surface area contributed by atoms with E-state index in [0.717, 1.165) is 51.0 Å². The summed E-state index contributed by atoms with van der Waals surface area (Å²) in [6.07, 6.45) is 6.22. The molecule has 0 aromatic carbocycles. The quantitative estimate of drug-likeness (QED) is 0.872. The predicted molar refractivity (Wildman–Crippen MR) is 72.4 cm³/mol. The summed E-state index contributed by atoms with van der Waals surface area (Å²) < 4.78 is 2.09. The molecule has 0 amide bonds. The maximum absolute atomic E-state index is 9.66. The molecule has 1 aliphatic rings. The van der Waals surface area contributed by atoms with Crippen LogP contribution in [0.5, 0.6) is 0 Å². The summed E-state index contributed by atoms with van der Waals surface area (Å²) in [5.74, 6) is 0. The summed E-state index contributed by atoms with van der Waals surface area (Å²) in [5, 5.41) is 14.3. The fourth-order valence-electron chi connectivity index (χ4n) is 2.73. The molecule has 4 heteroatoms. The minimum absolute atomic E-state index is 0.153. The van der Waals surface area contributed by atoms with Crippen molar-refractivity contribution < 1.29 is 5.11 Å². The first kappa shape index (κ1) is 13.6. The zero-order valence-electron chi connectivity index (χ0n) is 11.5. The van der Waals surface area contributed by atoms with Crippen LogP contribution in [0.2, 0.25) is 0 Å². The first-order chi connectivity index (χ1) is 8.72. The molecule has 2 rings (SSSR count). The van der Waals surface area contributed by atoms with Gasteiger partial charge >= 0.3 is 0 Å². The molecule has 0 aliphatic carbocycles. The Balaban J connectivity index is 1.93. The highest BCUT2D eigenvalue weighted by molar-refractivity contribution is 5.00. The predicted octanol–water partition coefficient (Wildman–Crippen LogP) is 2.20. The number of nitrogens with zero attached hydrogens (tertiary/aromatic N) is 3. The summed E-state index contributed by atoms with van der Waals surface area (Å²) in [4.78, 5) is 2.30. The number of hydrogen-bond donors (Lipinski definition) is 1. The Morgan fingerprint density at radius 1 is 1.44 bits per heavy atom. The van der Waals surface area contributed by atoms with Crippen LogP contribution in [-0.4, -0.2) is 39.0 Å². The van der Waals surface area contributed by atoms with Gasteiger partial charge in [0.05, 0.1) is 17.8 Å². The highest BCUT2D eigenvalue weighted by Gasteiger charge is 2.18. The van der Waals surface area contributed by atoms with Crippen molar-refractivity contribution in [2.45, 2.75) is 58.2 Å². The van der Waals surface area contributed by atoms with Crippen LogP contribution in [0.1, 0.15) is 51.3 Å². The highest BCUT2D eigenvalue weighted by Crippen LogP contribution is 2.16. The molecule has 1 aromatic heterocycles. The average molecular weight is 251 g/mol. The van der Waals surface area contributed by atoms with Crippen molar-refractivity contribution >= 4 is 0 Å². The smallest absolute Gasteiger partial charge is 0.0764 e. The molecule has 1 saturated heterocycles. The lowest BCUT2D eigenvalue weighted by Crippen LogP contribution is -2.37. The van der Waals surface area contributed by atoms with Crippen LogP contribution in [0.4, 0.5) is 0 Å². The van der Waals surface area contributed by atoms with Gasteiger partial charge in [0.25, 0.3) is 0 Å². The number of rotatable bonds is 5. The van der Waals surface area contributed by atoms with Gasteiger partial charge in [-0.3, -0.25) is 9.58 Å². The third kappa shape index (κ3) is 3.33. The van der Waals surface area contributed by atoms with E-state index in [-0.39, 0.29) is 6.10 Å². The molecule has 4 nitrogen and oxygen atoms in total. The molecule has 1 aromatic rings. The zero-order valence-corrected chi connectivity index (χ0v) is 11.5. The highest BCUT2D eigenvalue weighted by atomic mass is 16.3. The molecule has 0 spiro atoms. The first-order valence-electron chi connectivity index (χ1n) is 7.17. The molecule has 0 bridgehead atoms. The normalized spacial score (nSPS) is 21.7. The number of aliphatic hydroxyl groups is 1. The lowest BCUT2D eigenvalue weighted by molar-refractivity contribution is 0.0660. The molecule has 1 N–H and O–H groups in total. The Labute approximate surface area is 110 Å². The van der Waals surface area contributed by atoms with Crippen LogP contribution in [0.25, 0.3) is 0 Å². The minimum Gasteiger partial charge on any atom is -0.392 e. The van der Waals surface area contributed by atoms with Crippen LogP contribution in [-0.2, 0) is 6.54 Å². The Morgan fingerprint density at radius 2 is 2.22 bits per heavy atom. The summed E-state index contributed by atoms with van der Waals surface area (Å²) in [6.45, 7) is 7.14. The van der Waals surface area contributed by atoms with E-state index in [9.17, 15) is 5.11 Å². The van der Waals surface area contributed by atoms with Crippen LogP contribution >= 0.6 is 0 Å². The van der Waals surface area contributed by atoms with E-state index in [1.807, 2.05) is 0 Å². The molecule has 18 heavy (non-hydrogen) atoms. The van der Waals surface area contributed by atoms with Crippen molar-refractivity contribution in [1.29, 1.82) is 0 Å². The summed E-state index contributed by atoms with van der Waals surface area (Å²) >= 11 is 0. The largest absolute Gasteiger partial charge is 0.392 e. The van der Waals surface area contributed by atoms with E-state index < -0.39 is 0 Å². The van der Waals surface area contributed by atoms with Gasteiger partial charge in [0.15, 0.2) is 0 Å². The zero-order chi connectivity index (χ0) is 13.0. The topological polar surface area (TPSA) is 41.3 Å². The Bertz CT molecular complexity index is 360. The van der Waals surface area contributed by atoms with Gasteiger partial charge in [0.1, 0.15) is 0 Å². The van der Waals surface area contributed by atoms with Crippen molar-refractivity contribution in [2.24, 2.45) is 0 Å². The molecule has 2 heterocycles. The van der Waals surface area contributed by atoms with Crippen LogP contribution in [0, 0.1) is 0 Å². The maximum Gasteiger partial charge on any atom is 0.0764 e. The molecular weight excluding hydrogens is 226 g/mol. The van der Waals surface area contributed by atoms with Crippen LogP contribution in [0.3, 0.4) is 0 Å². The SMILES string of the molecule is CCC(CC)n1ccc(CN2CCC[C@H](O)C2)n1. The third-order valence-electron chi connectivity index (χ3n) is 3.85. The molecule has 1 aliphatic heterocycles. The van der Waals surface area contributed by atoms with Gasteiger partial charge < -0.3 is 5.11 Å². The number of aliphatic hydroxyl groups excluding tert-OH is 1. The van der Waals surface area contributed by atoms with Gasteiger partial charge in [-0.2, -0.15) is 5.10 Å². The van der Waals surface area contributed by atoms with Crippen LogP contribution < -0.4 is 0 Å². The van der Waals surface area contributed by atoms with Gasteiger partial charge in [-0.15, -0.1) is 0 Å². The van der Waals surface area contributed by atoms with E-state index in [2.05, 4.69) is 40.8 Å². The second kappa shape index (κ2) is 6.34. The Kier molecular flexibility index (Phi) is 4.78. The van der Waals surface area contributed by atoms with Crippen molar-refractivity contribution in [3.63, 3.8) is 0 Å². The summed E-state index contributed by atoms with van der Waals surface area (Å²) in [5.41, 5.74) is 1.12. The minimum atomic E-state index is -0.153. The molecule has 1 fully saturated rings. The van der Waals surface area contributed by atoms with Gasteiger partial charge in [-0.25, -0.2) is 0 Å². The second-order valence-electron chi connectivity index (χ2n) is 5.29. The lowest BCUT2D eigenvalue weighted by atomic mass is 10.1. The fourth-order valence-corrected chi connectivity index (χ4v) is 2.73. The van der Waals surface area contributed by atoms with E-state index in [1.165, 1.54) is 0 Å². The molecule has 0 unspecified atom stereocenters. The average Bonchev–Trinajstić information content (AvgIpc) is 2.79. The number of likely N-dealkylation sites (tertiary alicyclic amines) is 1. The Hall–Kier alpha value is -0.870. The summed E-state index contributed by atoms with van der Waals surface area (Å²) in [7, 11) is 0. The standard InChI is InChI=1S/C14H25N3O/c1-3-13(4-2)17-9-7-12(15-17)10-16-8-5-6-14(18)11-16/h7,9,13-14,18H,3-6,8,10-11H2,1-2H3/t14-/m0/s1. The third-order valence-corrected chi connectivity index (χ3v) is 3.85. The summed E-state index contributed by atoms with van der Waals surface area (Å²) in [6, 6.07) is 2.63. The molecule has 0 saturated carbocycles. The van der Waals surface area contributed by atoms with Crippen LogP contribution in [0.15, 0.2) is 12.3 Å². The monoisotopic (exact) mass is 251 g/mol. The van der Waals surface area contributed by atoms with Crippen molar-refractivity contribution in [1.82, 2.24) is 14.7 Å². The van der Waals surface area contributed by atoms with Crippen molar-refractivity contribution in [2.75, 3.05) is 13.1 Å². The number of hydrogen-bond acceptors (Lipinski definition) is 3. The lowest BCUT2D eigenvalue weighted by Gasteiger charge is -2.29. The van der Waals surface area contributed by atoms with Gasteiger partial charge in [0.2, 0.25) is 0 Å². The molecule has 102 valence electrons. The second-order valence-corrected chi connectivity index (χ2v) is 5.29. The van der Waals surface area contributed by atoms with Gasteiger partial charge in [-0.05, 0) is 38.3 Å².